The molecule has 0 bridgehead atoms. The largest absolute Gasteiger partial charge is 0.444 e. The van der Waals surface area contributed by atoms with Gasteiger partial charge in [0.2, 0.25) is 11.8 Å². The van der Waals surface area contributed by atoms with E-state index in [9.17, 15) is 27.6 Å². The van der Waals surface area contributed by atoms with Crippen molar-refractivity contribution in [2.75, 3.05) is 19.8 Å². The Balaban J connectivity index is 1.22. The number of hydrogen-bond donors (Lipinski definition) is 3. The number of ether oxygens (including phenoxy) is 2. The summed E-state index contributed by atoms with van der Waals surface area (Å²) in [6, 6.07) is 8.56. The smallest absolute Gasteiger partial charge is 0.410 e. The van der Waals surface area contributed by atoms with Gasteiger partial charge >= 0.3 is 6.09 Å². The van der Waals surface area contributed by atoms with Crippen LogP contribution in [0.15, 0.2) is 59.5 Å². The topological polar surface area (TPSA) is 177 Å². The zero-order valence-corrected chi connectivity index (χ0v) is 28.1. The Morgan fingerprint density at radius 3 is 2.60 bits per heavy atom. The Kier molecular flexibility index (Phi) is 9.73. The highest BCUT2D eigenvalue weighted by Crippen LogP contribution is 2.46. The van der Waals surface area contributed by atoms with Crippen molar-refractivity contribution < 1.29 is 37.1 Å². The van der Waals surface area contributed by atoms with Gasteiger partial charge in [0.25, 0.3) is 15.9 Å². The highest BCUT2D eigenvalue weighted by atomic mass is 35.5. The lowest BCUT2D eigenvalue weighted by Gasteiger charge is -2.28. The molecule has 16 heteroatoms. The van der Waals surface area contributed by atoms with Crippen LogP contribution in [0.25, 0.3) is 0 Å². The van der Waals surface area contributed by atoms with Gasteiger partial charge in [-0.1, -0.05) is 47.5 Å². The molecule has 13 nitrogen and oxygen atoms in total. The van der Waals surface area contributed by atoms with Crippen molar-refractivity contribution in [1.82, 2.24) is 19.8 Å². The Labute approximate surface area is 287 Å². The molecule has 0 unspecified atom stereocenters. The molecule has 2 aromatic carbocycles. The van der Waals surface area contributed by atoms with Crippen LogP contribution in [-0.2, 0) is 47.0 Å². The van der Waals surface area contributed by atoms with Crippen molar-refractivity contribution in [2.45, 2.75) is 67.4 Å². The Bertz CT molecular complexity index is 1760. The molecule has 1 saturated carbocycles. The van der Waals surface area contributed by atoms with E-state index in [0.717, 1.165) is 11.1 Å². The number of fused-ring (bicyclic) bond motifs is 3. The van der Waals surface area contributed by atoms with Crippen LogP contribution in [0.2, 0.25) is 10.0 Å². The molecular formula is C32H35Cl2N5O8S. The molecule has 2 aromatic rings. The summed E-state index contributed by atoms with van der Waals surface area (Å²) >= 11 is 12.2. The number of halogens is 2. The number of nitrogens with zero attached hydrogens (tertiary/aromatic N) is 2. The van der Waals surface area contributed by atoms with Gasteiger partial charge in [0.05, 0.1) is 30.6 Å². The van der Waals surface area contributed by atoms with E-state index in [1.165, 1.54) is 34.1 Å². The number of carbonyl (C=O) groups is 4. The lowest BCUT2D eigenvalue weighted by molar-refractivity contribution is -0.140. The third-order valence-corrected chi connectivity index (χ3v) is 11.1. The minimum atomic E-state index is -4.31. The van der Waals surface area contributed by atoms with Crippen LogP contribution < -0.4 is 15.8 Å². The van der Waals surface area contributed by atoms with Gasteiger partial charge in [-0.25, -0.2) is 17.9 Å². The van der Waals surface area contributed by atoms with E-state index in [2.05, 4.69) is 10.0 Å². The third-order valence-electron chi connectivity index (χ3n) is 9.10. The Hall–Kier alpha value is -3.69. The van der Waals surface area contributed by atoms with Crippen molar-refractivity contribution in [3.63, 3.8) is 0 Å². The monoisotopic (exact) mass is 719 g/mol. The van der Waals surface area contributed by atoms with Crippen molar-refractivity contribution in [3.05, 3.63) is 75.8 Å². The highest BCUT2D eigenvalue weighted by molar-refractivity contribution is 7.90. The molecular weight excluding hydrogens is 685 g/mol. The van der Waals surface area contributed by atoms with E-state index in [4.69, 9.17) is 38.4 Å². The molecule has 1 saturated heterocycles. The standard InChI is InChI=1S/C32H35Cl2N5O8S/c33-21-7-9-23(10-8-21)48(44,45)37-30(42)32-15-20(32)5-1-2-12-46-13-11-26(35)29(41)39-17-22(14-27(39)28(40)36-32)47-31(43)38-16-19-4-3-6-25(34)24(19)18-38/h1,3-10,20,22,26-27H,2,11-18,35H2,(H,36,40)(H,37,42)/b5-1-/t20-,22-,26+,27+,32-/m1/s1. The van der Waals surface area contributed by atoms with Crippen LogP contribution in [0.3, 0.4) is 0 Å². The summed E-state index contributed by atoms with van der Waals surface area (Å²) in [5.41, 5.74) is 6.34. The number of nitrogens with one attached hydrogen (secondary N) is 2. The first-order valence-corrected chi connectivity index (χ1v) is 17.8. The van der Waals surface area contributed by atoms with E-state index in [-0.39, 0.29) is 43.9 Å². The predicted molar refractivity (Wildman–Crippen MR) is 174 cm³/mol. The molecule has 5 atom stereocenters. The van der Waals surface area contributed by atoms with Crippen LogP contribution in [-0.4, -0.2) is 85.5 Å². The fraction of sp³-hybridized carbons (Fsp3) is 0.438. The number of sulfonamides is 1. The van der Waals surface area contributed by atoms with E-state index in [1.54, 1.807) is 24.3 Å². The summed E-state index contributed by atoms with van der Waals surface area (Å²) in [5, 5.41) is 3.62. The van der Waals surface area contributed by atoms with Crippen LogP contribution >= 0.6 is 23.2 Å². The number of rotatable bonds is 4. The molecule has 6 rings (SSSR count). The lowest BCUT2D eigenvalue weighted by Crippen LogP contribution is -2.57. The van der Waals surface area contributed by atoms with E-state index in [1.807, 2.05) is 6.07 Å². The lowest BCUT2D eigenvalue weighted by atomic mass is 10.1. The molecule has 0 spiro atoms. The Morgan fingerprint density at radius 1 is 1.08 bits per heavy atom. The zero-order valence-electron chi connectivity index (χ0n) is 25.8. The fourth-order valence-corrected chi connectivity index (χ4v) is 7.75. The summed E-state index contributed by atoms with van der Waals surface area (Å²) in [5.74, 6) is -2.70. The number of benzene rings is 2. The normalized spacial score (nSPS) is 28.2. The van der Waals surface area contributed by atoms with Crippen molar-refractivity contribution in [2.24, 2.45) is 11.7 Å². The first kappa shape index (κ1) is 34.2. The number of amides is 4. The molecule has 48 heavy (non-hydrogen) atoms. The van der Waals surface area contributed by atoms with Crippen LogP contribution in [0.1, 0.15) is 36.8 Å². The average Bonchev–Trinajstić information content (AvgIpc) is 3.34. The maximum Gasteiger partial charge on any atom is 0.410 e. The van der Waals surface area contributed by atoms with Gasteiger partial charge in [-0.05, 0) is 60.7 Å². The van der Waals surface area contributed by atoms with E-state index in [0.29, 0.717) is 29.6 Å². The maximum absolute atomic E-state index is 14.0. The molecule has 2 fully saturated rings. The minimum Gasteiger partial charge on any atom is -0.444 e. The molecule has 0 radical (unpaired) electrons. The first-order chi connectivity index (χ1) is 22.9. The molecule has 3 aliphatic heterocycles. The number of carbonyl (C=O) groups excluding carboxylic acids is 4. The summed E-state index contributed by atoms with van der Waals surface area (Å²) in [6.45, 7) is 0.983. The summed E-state index contributed by atoms with van der Waals surface area (Å²) in [6.07, 6.45) is 2.80. The molecule has 4 amide bonds. The number of hydrogen-bond acceptors (Lipinski definition) is 9. The Morgan fingerprint density at radius 2 is 1.85 bits per heavy atom. The molecule has 3 heterocycles. The van der Waals surface area contributed by atoms with Crippen molar-refractivity contribution in [3.8, 4) is 0 Å². The molecule has 256 valence electrons. The minimum absolute atomic E-state index is 0.0602. The van der Waals surface area contributed by atoms with Crippen molar-refractivity contribution in [1.29, 1.82) is 0 Å². The van der Waals surface area contributed by atoms with Gasteiger partial charge < -0.3 is 25.4 Å². The zero-order chi connectivity index (χ0) is 34.2. The van der Waals surface area contributed by atoms with Crippen LogP contribution in [0.5, 0.6) is 0 Å². The fourth-order valence-electron chi connectivity index (χ4n) is 6.33. The SMILES string of the molecule is N[C@H]1CCOCC/C=C\[C@@H]2C[C@@]2(C(=O)NS(=O)(=O)c2ccc(Cl)cc2)NC(=O)[C@@H]2C[C@@H](OC(=O)N3Cc4cccc(Cl)c4C3)CN2C1=O. The van der Waals surface area contributed by atoms with E-state index < -0.39 is 63.5 Å². The van der Waals surface area contributed by atoms with E-state index >= 15 is 0 Å². The van der Waals surface area contributed by atoms with Gasteiger partial charge in [0, 0.05) is 35.5 Å². The second kappa shape index (κ2) is 13.7. The second-order valence-electron chi connectivity index (χ2n) is 12.4. The molecule has 0 aromatic heterocycles. The van der Waals surface area contributed by atoms with Crippen LogP contribution in [0.4, 0.5) is 4.79 Å². The molecule has 4 N–H and O–H groups in total. The number of nitrogens with two attached hydrogens (primary N) is 1. The average molecular weight is 721 g/mol. The van der Waals surface area contributed by atoms with Gasteiger partial charge in [0.1, 0.15) is 17.7 Å². The summed E-state index contributed by atoms with van der Waals surface area (Å²) in [7, 11) is -4.31. The van der Waals surface area contributed by atoms with Crippen molar-refractivity contribution >= 4 is 57.0 Å². The summed E-state index contributed by atoms with van der Waals surface area (Å²) in [4.78, 5) is 57.0. The third kappa shape index (κ3) is 7.03. The first-order valence-electron chi connectivity index (χ1n) is 15.5. The van der Waals surface area contributed by atoms with Crippen LogP contribution in [0, 0.1) is 5.92 Å². The molecule has 4 aliphatic rings. The predicted octanol–water partition coefficient (Wildman–Crippen LogP) is 2.49. The van der Waals surface area contributed by atoms with Gasteiger partial charge in [-0.3, -0.25) is 19.3 Å². The quantitative estimate of drug-likeness (QED) is 0.401. The maximum atomic E-state index is 14.0. The van der Waals surface area contributed by atoms with Gasteiger partial charge in [-0.2, -0.15) is 0 Å². The van der Waals surface area contributed by atoms with Gasteiger partial charge in [0.15, 0.2) is 0 Å². The molecule has 1 aliphatic carbocycles. The van der Waals surface area contributed by atoms with Gasteiger partial charge in [-0.15, -0.1) is 0 Å². The summed E-state index contributed by atoms with van der Waals surface area (Å²) < 4.78 is 39.7. The second-order valence-corrected chi connectivity index (χ2v) is 14.9. The highest BCUT2D eigenvalue weighted by Gasteiger charge is 2.61.